The van der Waals surface area contributed by atoms with Crippen molar-refractivity contribution in [2.45, 2.75) is 6.10 Å². The first-order valence-electron chi connectivity index (χ1n) is 6.99. The Labute approximate surface area is 122 Å². The largest absolute Gasteiger partial charge is 0.370 e. The second-order valence-corrected chi connectivity index (χ2v) is 5.04. The topological polar surface area (TPSA) is 55.6 Å². The molecule has 0 spiro atoms. The highest BCUT2D eigenvalue weighted by Crippen LogP contribution is 2.24. The number of fused-ring (bicyclic) bond motifs is 1. The molecule has 1 atom stereocenters. The molecule has 21 heavy (non-hydrogen) atoms. The maximum atomic E-state index is 5.89. The Bertz CT molecular complexity index is 742. The smallest absolute Gasteiger partial charge is 0.177 e. The lowest BCUT2D eigenvalue weighted by Gasteiger charge is -2.33. The van der Waals surface area contributed by atoms with Crippen molar-refractivity contribution in [3.05, 3.63) is 54.4 Å². The minimum absolute atomic E-state index is 0.0818. The molecule has 1 aromatic carbocycles. The lowest BCUT2D eigenvalue weighted by molar-refractivity contribution is 0.0394. The molecule has 1 aliphatic rings. The molecular formula is C15H15N5O. The molecule has 0 N–H and O–H groups in total. The van der Waals surface area contributed by atoms with Gasteiger partial charge in [-0.15, -0.1) is 15.3 Å². The van der Waals surface area contributed by atoms with Crippen molar-refractivity contribution in [1.82, 2.24) is 19.8 Å². The van der Waals surface area contributed by atoms with E-state index in [1.165, 1.54) is 5.56 Å². The Morgan fingerprint density at radius 2 is 2.00 bits per heavy atom. The molecule has 1 saturated heterocycles. The molecule has 3 heterocycles. The number of ether oxygens (including phenoxy) is 1. The van der Waals surface area contributed by atoms with E-state index in [0.29, 0.717) is 6.61 Å². The van der Waals surface area contributed by atoms with Crippen LogP contribution in [0.2, 0.25) is 0 Å². The average molecular weight is 281 g/mol. The number of anilines is 1. The fraction of sp³-hybridized carbons (Fsp3) is 0.267. The van der Waals surface area contributed by atoms with E-state index < -0.39 is 0 Å². The summed E-state index contributed by atoms with van der Waals surface area (Å²) in [6.45, 7) is 2.33. The zero-order chi connectivity index (χ0) is 14.1. The van der Waals surface area contributed by atoms with E-state index >= 15 is 0 Å². The van der Waals surface area contributed by atoms with E-state index in [1.807, 2.05) is 30.3 Å². The highest BCUT2D eigenvalue weighted by molar-refractivity contribution is 5.45. The quantitative estimate of drug-likeness (QED) is 0.715. The van der Waals surface area contributed by atoms with Gasteiger partial charge in [0.1, 0.15) is 18.2 Å². The van der Waals surface area contributed by atoms with Crippen LogP contribution in [0.1, 0.15) is 11.7 Å². The van der Waals surface area contributed by atoms with Crippen LogP contribution in [0.4, 0.5) is 5.82 Å². The summed E-state index contributed by atoms with van der Waals surface area (Å²) >= 11 is 0. The Hall–Kier alpha value is -2.47. The van der Waals surface area contributed by atoms with Gasteiger partial charge in [0, 0.05) is 13.1 Å². The summed E-state index contributed by atoms with van der Waals surface area (Å²) in [6.07, 6.45) is 1.70. The van der Waals surface area contributed by atoms with Crippen LogP contribution in [-0.2, 0) is 4.74 Å². The van der Waals surface area contributed by atoms with E-state index in [1.54, 1.807) is 10.8 Å². The first-order chi connectivity index (χ1) is 10.4. The van der Waals surface area contributed by atoms with Crippen molar-refractivity contribution in [2.24, 2.45) is 0 Å². The highest BCUT2D eigenvalue weighted by atomic mass is 16.5. The van der Waals surface area contributed by atoms with Gasteiger partial charge in [0.05, 0.1) is 6.61 Å². The average Bonchev–Trinajstić information content (AvgIpc) is 3.03. The van der Waals surface area contributed by atoms with Crippen LogP contribution >= 0.6 is 0 Å². The molecule has 2 aromatic heterocycles. The molecule has 3 aromatic rings. The van der Waals surface area contributed by atoms with Crippen LogP contribution in [0.3, 0.4) is 0 Å². The van der Waals surface area contributed by atoms with Gasteiger partial charge in [0.15, 0.2) is 5.65 Å². The Morgan fingerprint density at radius 1 is 1.10 bits per heavy atom. The third kappa shape index (κ3) is 2.34. The van der Waals surface area contributed by atoms with Crippen molar-refractivity contribution in [3.8, 4) is 0 Å². The summed E-state index contributed by atoms with van der Waals surface area (Å²) in [5.41, 5.74) is 1.96. The number of hydrogen-bond acceptors (Lipinski definition) is 5. The lowest BCUT2D eigenvalue weighted by atomic mass is 10.1. The van der Waals surface area contributed by atoms with Gasteiger partial charge in [-0.25, -0.2) is 0 Å². The fourth-order valence-electron chi connectivity index (χ4n) is 2.61. The van der Waals surface area contributed by atoms with Crippen molar-refractivity contribution < 1.29 is 4.74 Å². The van der Waals surface area contributed by atoms with Gasteiger partial charge >= 0.3 is 0 Å². The minimum atomic E-state index is 0.0818. The Kier molecular flexibility index (Phi) is 3.01. The Balaban J connectivity index is 1.60. The zero-order valence-corrected chi connectivity index (χ0v) is 11.5. The van der Waals surface area contributed by atoms with Gasteiger partial charge in [0.2, 0.25) is 0 Å². The Morgan fingerprint density at radius 3 is 2.90 bits per heavy atom. The van der Waals surface area contributed by atoms with E-state index in [-0.39, 0.29) is 6.10 Å². The van der Waals surface area contributed by atoms with Crippen LogP contribution in [0.15, 0.2) is 48.8 Å². The second-order valence-electron chi connectivity index (χ2n) is 5.04. The maximum absolute atomic E-state index is 5.89. The van der Waals surface area contributed by atoms with Gasteiger partial charge in [-0.05, 0) is 17.7 Å². The van der Waals surface area contributed by atoms with Crippen molar-refractivity contribution in [2.75, 3.05) is 24.6 Å². The molecule has 1 aliphatic heterocycles. The summed E-state index contributed by atoms with van der Waals surface area (Å²) in [4.78, 5) is 2.24. The summed E-state index contributed by atoms with van der Waals surface area (Å²) in [5.74, 6) is 0.923. The molecule has 6 heteroatoms. The lowest BCUT2D eigenvalue weighted by Crippen LogP contribution is -2.39. The number of hydrogen-bond donors (Lipinski definition) is 0. The molecule has 106 valence electrons. The minimum Gasteiger partial charge on any atom is -0.370 e. The van der Waals surface area contributed by atoms with Crippen LogP contribution in [-0.4, -0.2) is 39.5 Å². The van der Waals surface area contributed by atoms with Crippen LogP contribution in [0.25, 0.3) is 5.65 Å². The first kappa shape index (κ1) is 12.3. The molecule has 1 unspecified atom stereocenters. The molecule has 1 fully saturated rings. The number of aromatic nitrogens is 4. The second kappa shape index (κ2) is 5.14. The predicted octanol–water partition coefficient (Wildman–Crippen LogP) is 1.70. The normalized spacial score (nSPS) is 19.0. The van der Waals surface area contributed by atoms with Gasteiger partial charge < -0.3 is 9.64 Å². The molecule has 4 rings (SSSR count). The standard InChI is InChI=1S/C15H15N5O/c1-2-4-12(5-3-1)13-10-19(8-9-21-13)15-7-6-14-17-16-11-20(14)18-15/h1-7,11,13H,8-10H2. The van der Waals surface area contributed by atoms with E-state index in [2.05, 4.69) is 32.3 Å². The number of rotatable bonds is 2. The zero-order valence-electron chi connectivity index (χ0n) is 11.5. The monoisotopic (exact) mass is 281 g/mol. The third-order valence-electron chi connectivity index (χ3n) is 3.71. The van der Waals surface area contributed by atoms with Gasteiger partial charge in [0.25, 0.3) is 0 Å². The molecule has 0 radical (unpaired) electrons. The van der Waals surface area contributed by atoms with E-state index in [0.717, 1.165) is 24.6 Å². The summed E-state index contributed by atoms with van der Waals surface area (Å²) < 4.78 is 7.58. The van der Waals surface area contributed by atoms with Gasteiger partial charge in [-0.1, -0.05) is 30.3 Å². The number of morpholine rings is 1. The molecular weight excluding hydrogens is 266 g/mol. The van der Waals surface area contributed by atoms with E-state index in [9.17, 15) is 0 Å². The van der Waals surface area contributed by atoms with Gasteiger partial charge in [-0.3, -0.25) is 0 Å². The maximum Gasteiger partial charge on any atom is 0.177 e. The van der Waals surface area contributed by atoms with Crippen molar-refractivity contribution >= 4 is 11.5 Å². The predicted molar refractivity (Wildman–Crippen MR) is 78.1 cm³/mol. The summed E-state index contributed by atoms with van der Waals surface area (Å²) in [7, 11) is 0. The molecule has 0 saturated carbocycles. The molecule has 0 amide bonds. The van der Waals surface area contributed by atoms with E-state index in [4.69, 9.17) is 4.74 Å². The van der Waals surface area contributed by atoms with Crippen LogP contribution in [0, 0.1) is 0 Å². The van der Waals surface area contributed by atoms with Crippen LogP contribution < -0.4 is 4.90 Å². The van der Waals surface area contributed by atoms with Crippen LogP contribution in [0.5, 0.6) is 0 Å². The van der Waals surface area contributed by atoms with Gasteiger partial charge in [-0.2, -0.15) is 4.52 Å². The summed E-state index contributed by atoms with van der Waals surface area (Å²) in [5, 5.41) is 12.4. The summed E-state index contributed by atoms with van der Waals surface area (Å²) in [6, 6.07) is 14.2. The number of nitrogens with zero attached hydrogens (tertiary/aromatic N) is 5. The molecule has 0 bridgehead atoms. The first-order valence-corrected chi connectivity index (χ1v) is 6.99. The van der Waals surface area contributed by atoms with Crippen molar-refractivity contribution in [3.63, 3.8) is 0 Å². The number of benzene rings is 1. The SMILES string of the molecule is c1ccc(C2CN(c3ccc4nncn4n3)CCO2)cc1. The fourth-order valence-corrected chi connectivity index (χ4v) is 2.61. The molecule has 0 aliphatic carbocycles. The van der Waals surface area contributed by atoms with Crippen molar-refractivity contribution in [1.29, 1.82) is 0 Å². The highest BCUT2D eigenvalue weighted by Gasteiger charge is 2.23. The molecule has 6 nitrogen and oxygen atoms in total. The third-order valence-corrected chi connectivity index (χ3v) is 3.71.